The summed E-state index contributed by atoms with van der Waals surface area (Å²) in [6, 6.07) is 0. The second-order valence-corrected chi connectivity index (χ2v) is 9.67. The fourth-order valence-electron chi connectivity index (χ4n) is 7.59. The molecule has 1 saturated heterocycles. The van der Waals surface area contributed by atoms with Crippen molar-refractivity contribution in [2.75, 3.05) is 0 Å². The molecule has 0 aromatic heterocycles. The average Bonchev–Trinajstić information content (AvgIpc) is 3.05. The van der Waals surface area contributed by atoms with E-state index in [0.717, 1.165) is 44.9 Å². The molecule has 6 atom stereocenters. The highest BCUT2D eigenvalue weighted by Gasteiger charge is 2.69. The van der Waals surface area contributed by atoms with Crippen LogP contribution in [0.3, 0.4) is 0 Å². The predicted octanol–water partition coefficient (Wildman–Crippen LogP) is 4.94. The molecule has 1 spiro atoms. The fraction of sp³-hybridized carbons (Fsp3) is 0.727. The molecule has 3 saturated carbocycles. The van der Waals surface area contributed by atoms with Gasteiger partial charge in [0.15, 0.2) is 11.4 Å². The largest absolute Gasteiger partial charge is 0.514 e. The smallest absolute Gasteiger partial charge is 0.419 e. The van der Waals surface area contributed by atoms with Gasteiger partial charge in [-0.15, -0.1) is 0 Å². The third kappa shape index (κ3) is 1.81. The molecule has 0 bridgehead atoms. The Bertz CT molecular complexity index is 751. The molecule has 26 heavy (non-hydrogen) atoms. The number of hydrogen-bond acceptors (Lipinski definition) is 4. The minimum Gasteiger partial charge on any atom is -0.419 e. The van der Waals surface area contributed by atoms with Crippen molar-refractivity contribution in [2.45, 2.75) is 70.8 Å². The lowest BCUT2D eigenvalue weighted by atomic mass is 9.46. The summed E-state index contributed by atoms with van der Waals surface area (Å²) in [7, 11) is 0. The molecule has 4 heteroatoms. The number of fused-ring (bicyclic) bond motifs is 6. The van der Waals surface area contributed by atoms with Gasteiger partial charge in [-0.3, -0.25) is 4.79 Å². The Balaban J connectivity index is 1.51. The first kappa shape index (κ1) is 16.6. The Morgan fingerprint density at radius 3 is 2.54 bits per heavy atom. The van der Waals surface area contributed by atoms with E-state index in [9.17, 15) is 9.59 Å². The first-order chi connectivity index (χ1) is 12.3. The van der Waals surface area contributed by atoms with Crippen molar-refractivity contribution >= 4 is 11.9 Å². The summed E-state index contributed by atoms with van der Waals surface area (Å²) in [6.45, 7) is 8.75. The third-order valence-electron chi connectivity index (χ3n) is 9.00. The van der Waals surface area contributed by atoms with Crippen LogP contribution in [0.4, 0.5) is 4.79 Å². The van der Waals surface area contributed by atoms with E-state index in [1.54, 1.807) is 0 Å². The number of hydrogen-bond donors (Lipinski definition) is 0. The van der Waals surface area contributed by atoms with Gasteiger partial charge in [-0.25, -0.2) is 4.79 Å². The van der Waals surface area contributed by atoms with Gasteiger partial charge in [-0.05, 0) is 74.2 Å². The Kier molecular flexibility index (Phi) is 3.20. The summed E-state index contributed by atoms with van der Waals surface area (Å²) in [4.78, 5) is 23.8. The Morgan fingerprint density at radius 1 is 1.04 bits per heavy atom. The molecule has 4 nitrogen and oxygen atoms in total. The highest BCUT2D eigenvalue weighted by atomic mass is 16.8. The van der Waals surface area contributed by atoms with Crippen molar-refractivity contribution in [2.24, 2.45) is 28.6 Å². The van der Waals surface area contributed by atoms with E-state index in [-0.39, 0.29) is 10.8 Å². The summed E-state index contributed by atoms with van der Waals surface area (Å²) < 4.78 is 11.1. The summed E-state index contributed by atoms with van der Waals surface area (Å²) in [5.74, 6) is 2.63. The first-order valence-corrected chi connectivity index (χ1v) is 10.1. The zero-order valence-electron chi connectivity index (χ0n) is 15.8. The van der Waals surface area contributed by atoms with Crippen LogP contribution in [0.15, 0.2) is 24.0 Å². The highest BCUT2D eigenvalue weighted by molar-refractivity contribution is 5.91. The van der Waals surface area contributed by atoms with Crippen LogP contribution < -0.4 is 0 Å². The van der Waals surface area contributed by atoms with Crippen LogP contribution in [0.2, 0.25) is 0 Å². The number of allylic oxidation sites excluding steroid dienone is 1. The summed E-state index contributed by atoms with van der Waals surface area (Å²) in [6.07, 6.45) is 9.33. The number of cyclic esters (lactones) is 1. The van der Waals surface area contributed by atoms with Crippen molar-refractivity contribution < 1.29 is 19.1 Å². The van der Waals surface area contributed by atoms with Gasteiger partial charge in [-0.1, -0.05) is 26.0 Å². The molecule has 0 N–H and O–H groups in total. The lowest BCUT2D eigenvalue weighted by molar-refractivity contribution is -0.119. The van der Waals surface area contributed by atoms with E-state index in [4.69, 9.17) is 9.47 Å². The van der Waals surface area contributed by atoms with Crippen molar-refractivity contribution in [3.8, 4) is 0 Å². The maximum absolute atomic E-state index is 11.9. The van der Waals surface area contributed by atoms with Gasteiger partial charge in [-0.2, -0.15) is 0 Å². The molecule has 0 radical (unpaired) electrons. The van der Waals surface area contributed by atoms with Crippen molar-refractivity contribution in [3.63, 3.8) is 0 Å². The molecule has 0 unspecified atom stereocenters. The number of ether oxygens (including phenoxy) is 2. The third-order valence-corrected chi connectivity index (χ3v) is 9.00. The van der Waals surface area contributed by atoms with Crippen LogP contribution >= 0.6 is 0 Å². The van der Waals surface area contributed by atoms with E-state index in [1.807, 2.05) is 6.08 Å². The van der Waals surface area contributed by atoms with Crippen molar-refractivity contribution in [1.82, 2.24) is 0 Å². The van der Waals surface area contributed by atoms with Gasteiger partial charge in [0.2, 0.25) is 0 Å². The van der Waals surface area contributed by atoms with Gasteiger partial charge < -0.3 is 9.47 Å². The lowest BCUT2D eigenvalue weighted by Gasteiger charge is -2.58. The maximum Gasteiger partial charge on any atom is 0.514 e. The van der Waals surface area contributed by atoms with Gasteiger partial charge in [0.05, 0.1) is 0 Å². The lowest BCUT2D eigenvalue weighted by Crippen LogP contribution is -2.55. The molecule has 1 aliphatic heterocycles. The van der Waals surface area contributed by atoms with Crippen LogP contribution in [-0.2, 0) is 14.3 Å². The normalized spacial score (nSPS) is 49.8. The first-order valence-electron chi connectivity index (χ1n) is 10.1. The Labute approximate surface area is 155 Å². The molecule has 4 fully saturated rings. The van der Waals surface area contributed by atoms with E-state index < -0.39 is 11.8 Å². The van der Waals surface area contributed by atoms with Gasteiger partial charge in [0, 0.05) is 11.8 Å². The second-order valence-electron chi connectivity index (χ2n) is 9.67. The van der Waals surface area contributed by atoms with Crippen molar-refractivity contribution in [3.05, 3.63) is 24.0 Å². The number of carbonyl (C=O) groups excluding carboxylic acids is 2. The van der Waals surface area contributed by atoms with E-state index >= 15 is 0 Å². The molecule has 4 aliphatic carbocycles. The summed E-state index contributed by atoms with van der Waals surface area (Å²) >= 11 is 0. The molecular weight excluding hydrogens is 328 g/mol. The Hall–Kier alpha value is -1.58. The van der Waals surface area contributed by atoms with E-state index in [2.05, 4.69) is 20.4 Å². The second kappa shape index (κ2) is 5.02. The molecule has 1 heterocycles. The average molecular weight is 356 g/mol. The molecule has 5 rings (SSSR count). The molecular formula is C22H28O4. The zero-order chi connectivity index (χ0) is 18.3. The zero-order valence-corrected chi connectivity index (χ0v) is 15.8. The van der Waals surface area contributed by atoms with E-state index in [0.29, 0.717) is 35.7 Å². The van der Waals surface area contributed by atoms with Crippen LogP contribution in [0, 0.1) is 28.6 Å². The molecule has 0 aromatic carbocycles. The van der Waals surface area contributed by atoms with Gasteiger partial charge in [0.25, 0.3) is 0 Å². The van der Waals surface area contributed by atoms with Crippen LogP contribution in [-0.4, -0.2) is 17.5 Å². The van der Waals surface area contributed by atoms with Gasteiger partial charge in [0.1, 0.15) is 5.76 Å². The standard InChI is InChI=1S/C22H28O4/c1-13-22(26-19(24)25-13)11-8-18-16-5-4-14-12-15(23)6-9-20(14,2)17(16)7-10-21(18,22)3/h12,16-18H,1,4-11H2,2-3H3/t16-,17+,18+,20+,21+,22-/m1/s1. The minimum atomic E-state index is -0.626. The molecule has 0 aromatic rings. The van der Waals surface area contributed by atoms with Crippen LogP contribution in [0.1, 0.15) is 65.2 Å². The molecule has 140 valence electrons. The quantitative estimate of drug-likeness (QED) is 0.577. The predicted molar refractivity (Wildman–Crippen MR) is 96.1 cm³/mol. The maximum atomic E-state index is 11.9. The minimum absolute atomic E-state index is 0.0839. The number of carbonyl (C=O) groups is 2. The topological polar surface area (TPSA) is 52.6 Å². The number of rotatable bonds is 0. The SMILES string of the molecule is C=C1OC(=O)O[C@]12CC[C@H]1[C@@H]3CCC4=CC(=O)CC[C@]4(C)[C@H]3CC[C@@]12C. The van der Waals surface area contributed by atoms with Gasteiger partial charge >= 0.3 is 6.16 Å². The molecule has 0 amide bonds. The summed E-state index contributed by atoms with van der Waals surface area (Å²) in [5.41, 5.74) is 0.860. The van der Waals surface area contributed by atoms with E-state index in [1.165, 1.54) is 5.57 Å². The Morgan fingerprint density at radius 2 is 1.81 bits per heavy atom. The monoisotopic (exact) mass is 356 g/mol. The van der Waals surface area contributed by atoms with Crippen molar-refractivity contribution in [1.29, 1.82) is 0 Å². The molecule has 5 aliphatic rings. The van der Waals surface area contributed by atoms with Crippen LogP contribution in [0.25, 0.3) is 0 Å². The fourth-order valence-corrected chi connectivity index (χ4v) is 7.59. The number of ketones is 1. The van der Waals surface area contributed by atoms with Crippen LogP contribution in [0.5, 0.6) is 0 Å². The highest BCUT2D eigenvalue weighted by Crippen LogP contribution is 2.70. The summed E-state index contributed by atoms with van der Waals surface area (Å²) in [5, 5.41) is 0.